The van der Waals surface area contributed by atoms with E-state index in [0.717, 1.165) is 0 Å². The molecule has 0 spiro atoms. The second kappa shape index (κ2) is 5.39. The summed E-state index contributed by atoms with van der Waals surface area (Å²) in [4.78, 5) is 13.1. The van der Waals surface area contributed by atoms with Crippen molar-refractivity contribution in [3.63, 3.8) is 0 Å². The number of benzene rings is 1. The van der Waals surface area contributed by atoms with Gasteiger partial charge in [0, 0.05) is 26.7 Å². The average Bonchev–Trinajstić information content (AvgIpc) is 2.37. The van der Waals surface area contributed by atoms with Crippen LogP contribution in [0.25, 0.3) is 0 Å². The number of carbonyl (C=O) groups excluding carboxylic acids is 1. The molecular formula is C12H18N2O3S. The van der Waals surface area contributed by atoms with Crippen LogP contribution < -0.4 is 4.31 Å². The lowest BCUT2D eigenvalue weighted by Gasteiger charge is -2.19. The molecule has 0 atom stereocenters. The second-order valence-corrected chi connectivity index (χ2v) is 6.40. The maximum absolute atomic E-state index is 11.7. The van der Waals surface area contributed by atoms with Crippen molar-refractivity contribution in [2.75, 3.05) is 31.2 Å². The predicted molar refractivity (Wildman–Crippen MR) is 72.3 cm³/mol. The third-order valence-electron chi connectivity index (χ3n) is 2.67. The normalized spacial score (nSPS) is 11.1. The van der Waals surface area contributed by atoms with Gasteiger partial charge in [0.15, 0.2) is 0 Å². The van der Waals surface area contributed by atoms with Crippen LogP contribution in [0.3, 0.4) is 0 Å². The lowest BCUT2D eigenvalue weighted by atomic mass is 10.2. The van der Waals surface area contributed by atoms with Gasteiger partial charge < -0.3 is 4.90 Å². The molecule has 0 aliphatic carbocycles. The number of hydrogen-bond donors (Lipinski definition) is 0. The number of amides is 1. The molecule has 0 fully saturated rings. The van der Waals surface area contributed by atoms with Crippen LogP contribution in [0.2, 0.25) is 0 Å². The maximum Gasteiger partial charge on any atom is 0.253 e. The Morgan fingerprint density at radius 2 is 1.61 bits per heavy atom. The van der Waals surface area contributed by atoms with E-state index in [9.17, 15) is 13.2 Å². The van der Waals surface area contributed by atoms with Crippen molar-refractivity contribution in [2.45, 2.75) is 6.92 Å². The average molecular weight is 270 g/mol. The molecule has 0 unspecified atom stereocenters. The molecule has 100 valence electrons. The highest BCUT2D eigenvalue weighted by atomic mass is 32.2. The molecule has 1 aromatic carbocycles. The Morgan fingerprint density at radius 1 is 1.11 bits per heavy atom. The molecule has 0 N–H and O–H groups in total. The van der Waals surface area contributed by atoms with E-state index < -0.39 is 10.0 Å². The number of anilines is 1. The maximum atomic E-state index is 11.7. The summed E-state index contributed by atoms with van der Waals surface area (Å²) in [5.74, 6) is -0.0652. The SMILES string of the molecule is CCS(=O)(=O)N(C)c1ccc(C(=O)N(C)C)cc1. The summed E-state index contributed by atoms with van der Waals surface area (Å²) in [7, 11) is 1.58. The van der Waals surface area contributed by atoms with Crippen molar-refractivity contribution < 1.29 is 13.2 Å². The summed E-state index contributed by atoms with van der Waals surface area (Å²) in [6.45, 7) is 1.59. The van der Waals surface area contributed by atoms with Gasteiger partial charge in [-0.3, -0.25) is 9.10 Å². The number of nitrogens with zero attached hydrogens (tertiary/aromatic N) is 2. The molecule has 0 heterocycles. The van der Waals surface area contributed by atoms with E-state index in [0.29, 0.717) is 11.3 Å². The number of sulfonamides is 1. The minimum absolute atomic E-state index is 0.0435. The molecule has 0 bridgehead atoms. The lowest BCUT2D eigenvalue weighted by molar-refractivity contribution is 0.0827. The zero-order chi connectivity index (χ0) is 13.9. The van der Waals surface area contributed by atoms with E-state index in [4.69, 9.17) is 0 Å². The Kier molecular flexibility index (Phi) is 4.34. The molecule has 5 nitrogen and oxygen atoms in total. The summed E-state index contributed by atoms with van der Waals surface area (Å²) in [5, 5.41) is 0. The molecule has 0 saturated heterocycles. The Bertz CT molecular complexity index is 521. The van der Waals surface area contributed by atoms with Crippen LogP contribution in [0.4, 0.5) is 5.69 Å². The van der Waals surface area contributed by atoms with Crippen molar-refractivity contribution in [3.05, 3.63) is 29.8 Å². The smallest absolute Gasteiger partial charge is 0.253 e. The van der Waals surface area contributed by atoms with Gasteiger partial charge in [-0.2, -0.15) is 0 Å². The first-order valence-corrected chi connectivity index (χ1v) is 7.19. The fourth-order valence-electron chi connectivity index (χ4n) is 1.43. The largest absolute Gasteiger partial charge is 0.345 e. The topological polar surface area (TPSA) is 57.7 Å². The van der Waals surface area contributed by atoms with Crippen LogP contribution >= 0.6 is 0 Å². The minimum atomic E-state index is -3.26. The monoisotopic (exact) mass is 270 g/mol. The Morgan fingerprint density at radius 3 is 2.00 bits per heavy atom. The number of rotatable bonds is 4. The fraction of sp³-hybridized carbons (Fsp3) is 0.417. The van der Waals surface area contributed by atoms with Crippen molar-refractivity contribution in [2.24, 2.45) is 0 Å². The lowest BCUT2D eigenvalue weighted by Crippen LogP contribution is -2.28. The zero-order valence-electron chi connectivity index (χ0n) is 11.0. The third kappa shape index (κ3) is 3.01. The van der Waals surface area contributed by atoms with E-state index >= 15 is 0 Å². The highest BCUT2D eigenvalue weighted by molar-refractivity contribution is 7.92. The molecule has 6 heteroatoms. The Labute approximate surface area is 108 Å². The van der Waals surface area contributed by atoms with Crippen LogP contribution in [0.1, 0.15) is 17.3 Å². The van der Waals surface area contributed by atoms with Gasteiger partial charge in [-0.05, 0) is 31.2 Å². The van der Waals surface area contributed by atoms with Gasteiger partial charge in [-0.25, -0.2) is 8.42 Å². The van der Waals surface area contributed by atoms with Gasteiger partial charge in [0.05, 0.1) is 11.4 Å². The highest BCUT2D eigenvalue weighted by Gasteiger charge is 2.16. The van der Waals surface area contributed by atoms with Crippen molar-refractivity contribution in [3.8, 4) is 0 Å². The molecule has 0 aliphatic rings. The van der Waals surface area contributed by atoms with Crippen molar-refractivity contribution in [1.29, 1.82) is 0 Å². The van der Waals surface area contributed by atoms with Crippen LogP contribution in [0, 0.1) is 0 Å². The molecule has 0 aromatic heterocycles. The summed E-state index contributed by atoms with van der Waals surface area (Å²) >= 11 is 0. The molecule has 18 heavy (non-hydrogen) atoms. The standard InChI is InChI=1S/C12H18N2O3S/c1-5-18(16,17)14(4)11-8-6-10(7-9-11)12(15)13(2)3/h6-9H,5H2,1-4H3. The predicted octanol–water partition coefficient (Wildman–Crippen LogP) is 1.17. The van der Waals surface area contributed by atoms with Crippen LogP contribution in [-0.4, -0.2) is 46.1 Å². The second-order valence-electron chi connectivity index (χ2n) is 4.11. The fourth-order valence-corrected chi connectivity index (χ4v) is 2.26. The Balaban J connectivity index is 3.00. The van der Waals surface area contributed by atoms with Crippen molar-refractivity contribution >= 4 is 21.6 Å². The summed E-state index contributed by atoms with van der Waals surface area (Å²) in [6.07, 6.45) is 0. The van der Waals surface area contributed by atoms with Crippen molar-refractivity contribution in [1.82, 2.24) is 4.90 Å². The molecule has 1 rings (SSSR count). The first-order chi connectivity index (χ1) is 8.29. The van der Waals surface area contributed by atoms with E-state index in [2.05, 4.69) is 0 Å². The number of carbonyl (C=O) groups is 1. The molecule has 1 amide bonds. The molecular weight excluding hydrogens is 252 g/mol. The van der Waals surface area contributed by atoms with Gasteiger partial charge in [-0.15, -0.1) is 0 Å². The van der Waals surface area contributed by atoms with Crippen LogP contribution in [0.5, 0.6) is 0 Å². The van der Waals surface area contributed by atoms with E-state index in [-0.39, 0.29) is 11.7 Å². The van der Waals surface area contributed by atoms with Gasteiger partial charge in [-0.1, -0.05) is 0 Å². The highest BCUT2D eigenvalue weighted by Crippen LogP contribution is 2.17. The molecule has 0 radical (unpaired) electrons. The van der Waals surface area contributed by atoms with E-state index in [1.54, 1.807) is 45.3 Å². The summed E-state index contributed by atoms with van der Waals surface area (Å²) < 4.78 is 24.6. The van der Waals surface area contributed by atoms with E-state index in [1.807, 2.05) is 0 Å². The quantitative estimate of drug-likeness (QED) is 0.825. The molecule has 0 saturated carbocycles. The first kappa shape index (κ1) is 14.5. The third-order valence-corrected chi connectivity index (χ3v) is 4.44. The van der Waals surface area contributed by atoms with Gasteiger partial charge in [0.2, 0.25) is 10.0 Å². The van der Waals surface area contributed by atoms with Gasteiger partial charge in [0.25, 0.3) is 5.91 Å². The minimum Gasteiger partial charge on any atom is -0.345 e. The van der Waals surface area contributed by atoms with Crippen LogP contribution in [0.15, 0.2) is 24.3 Å². The van der Waals surface area contributed by atoms with Gasteiger partial charge in [0.1, 0.15) is 0 Å². The van der Waals surface area contributed by atoms with Gasteiger partial charge >= 0.3 is 0 Å². The number of hydrogen-bond acceptors (Lipinski definition) is 3. The summed E-state index contributed by atoms with van der Waals surface area (Å²) in [5.41, 5.74) is 1.08. The molecule has 0 aliphatic heterocycles. The Hall–Kier alpha value is -1.56. The summed E-state index contributed by atoms with van der Waals surface area (Å²) in [6, 6.07) is 6.51. The van der Waals surface area contributed by atoms with E-state index in [1.165, 1.54) is 16.3 Å². The van der Waals surface area contributed by atoms with Crippen LogP contribution in [-0.2, 0) is 10.0 Å². The zero-order valence-corrected chi connectivity index (χ0v) is 11.9. The molecule has 1 aromatic rings. The first-order valence-electron chi connectivity index (χ1n) is 5.58.